The van der Waals surface area contributed by atoms with Crippen molar-refractivity contribution < 1.29 is 34.6 Å². The minimum Gasteiger partial charge on any atom is -0.894 e. The van der Waals surface area contributed by atoms with Gasteiger partial charge < -0.3 is 38.8 Å². The molecular formula is C18H38Mg2O7Si. The first-order chi connectivity index (χ1) is 11.8. The topological polar surface area (TPSA) is 161 Å². The molecule has 0 aliphatic carbocycles. The summed E-state index contributed by atoms with van der Waals surface area (Å²) in [6.07, 6.45) is 20.2. The van der Waals surface area contributed by atoms with Crippen LogP contribution in [0.1, 0.15) is 110 Å². The predicted molar refractivity (Wildman–Crippen MR) is 108 cm³/mol. The van der Waals surface area contributed by atoms with E-state index < -0.39 is 15.0 Å². The number of unbranched alkanes of at least 4 members (excludes halogenated alkanes) is 14. The third-order valence-electron chi connectivity index (χ3n) is 3.99. The molecule has 0 amide bonds. The average molecular weight is 443 g/mol. The average Bonchev–Trinajstić information content (AvgIpc) is 2.49. The van der Waals surface area contributed by atoms with Gasteiger partial charge in [-0.15, -0.1) is 0 Å². The second-order valence-electron chi connectivity index (χ2n) is 6.59. The second-order valence-corrected chi connectivity index (χ2v) is 7.59. The van der Waals surface area contributed by atoms with Crippen LogP contribution in [0.25, 0.3) is 0 Å². The minimum absolute atomic E-state index is 0. The predicted octanol–water partition coefficient (Wildman–Crippen LogP) is -0.391. The van der Waals surface area contributed by atoms with Crippen LogP contribution in [0.5, 0.6) is 0 Å². The zero-order valence-corrected chi connectivity index (χ0v) is 21.5. The fraction of sp³-hybridized carbons (Fsp3) is 0.944. The molecule has 160 valence electrons. The van der Waals surface area contributed by atoms with Gasteiger partial charge in [0, 0.05) is 6.42 Å². The number of carboxylic acid groups (broad SMARTS) is 1. The molecule has 7 nitrogen and oxygen atoms in total. The Balaban J connectivity index is -0.000000195. The van der Waals surface area contributed by atoms with Crippen molar-refractivity contribution in [2.75, 3.05) is 0 Å². The molecule has 0 unspecified atom stereocenters. The van der Waals surface area contributed by atoms with Crippen molar-refractivity contribution in [3.63, 3.8) is 0 Å². The molecule has 0 aromatic carbocycles. The first-order valence-electron chi connectivity index (χ1n) is 9.80. The quantitative estimate of drug-likeness (QED) is 0.252. The van der Waals surface area contributed by atoms with Gasteiger partial charge in [0.25, 0.3) is 0 Å². The van der Waals surface area contributed by atoms with Gasteiger partial charge in [0.2, 0.25) is 0 Å². The van der Waals surface area contributed by atoms with E-state index in [1.54, 1.807) is 0 Å². The first-order valence-corrected chi connectivity index (χ1v) is 11.4. The van der Waals surface area contributed by atoms with Gasteiger partial charge >= 0.3 is 52.1 Å². The van der Waals surface area contributed by atoms with E-state index >= 15 is 0 Å². The molecule has 0 aliphatic heterocycles. The van der Waals surface area contributed by atoms with Gasteiger partial charge in [-0.25, -0.2) is 0 Å². The number of hydrogen-bond donors (Lipinski definition) is 1. The first kappa shape index (κ1) is 39.5. The Morgan fingerprint density at radius 2 is 0.857 bits per heavy atom. The molecule has 0 fully saturated rings. The van der Waals surface area contributed by atoms with Crippen LogP contribution in [0.4, 0.5) is 0 Å². The molecule has 0 saturated carbocycles. The van der Waals surface area contributed by atoms with Crippen molar-refractivity contribution in [3.05, 3.63) is 0 Å². The van der Waals surface area contributed by atoms with E-state index in [9.17, 15) is 4.79 Å². The van der Waals surface area contributed by atoms with E-state index in [2.05, 4.69) is 6.92 Å². The second kappa shape index (κ2) is 30.2. The zero-order chi connectivity index (χ0) is 19.4. The van der Waals surface area contributed by atoms with Gasteiger partial charge in [0.15, 0.2) is 0 Å². The maximum absolute atomic E-state index is 10.3. The molecule has 0 bridgehead atoms. The summed E-state index contributed by atoms with van der Waals surface area (Å²) in [5, 5.41) is 8.52. The largest absolute Gasteiger partial charge is 2.00 e. The van der Waals surface area contributed by atoms with Crippen LogP contribution in [-0.4, -0.2) is 71.7 Å². The molecule has 0 saturated heterocycles. The van der Waals surface area contributed by atoms with Gasteiger partial charge in [-0.3, -0.25) is 4.79 Å². The monoisotopic (exact) mass is 442 g/mol. The Kier molecular flexibility index (Phi) is 42.6. The third-order valence-corrected chi connectivity index (χ3v) is 3.99. The molecule has 0 atom stereocenters. The third kappa shape index (κ3) is 56.3. The van der Waals surface area contributed by atoms with Crippen LogP contribution in [0.2, 0.25) is 0 Å². The fourth-order valence-corrected chi connectivity index (χ4v) is 2.65. The Labute approximate surface area is 204 Å². The number of carboxylic acids is 1. The van der Waals surface area contributed by atoms with Crippen LogP contribution < -0.4 is 19.2 Å². The number of rotatable bonds is 16. The van der Waals surface area contributed by atoms with E-state index in [1.807, 2.05) is 0 Å². The normalized spacial score (nSPS) is 9.89. The summed E-state index contributed by atoms with van der Waals surface area (Å²) in [5.74, 6) is -0.653. The summed E-state index contributed by atoms with van der Waals surface area (Å²) in [4.78, 5) is 44.6. The van der Waals surface area contributed by atoms with Crippen LogP contribution >= 0.6 is 0 Å². The Morgan fingerprint density at radius 3 is 1.07 bits per heavy atom. The van der Waals surface area contributed by atoms with Gasteiger partial charge in [-0.05, 0) is 6.42 Å². The molecule has 0 spiro atoms. The van der Waals surface area contributed by atoms with Gasteiger partial charge in [-0.1, -0.05) is 96.8 Å². The molecular weight excluding hydrogens is 405 g/mol. The van der Waals surface area contributed by atoms with Crippen LogP contribution in [0, 0.1) is 0 Å². The van der Waals surface area contributed by atoms with Crippen LogP contribution in [-0.2, 0) is 4.79 Å². The van der Waals surface area contributed by atoms with E-state index in [1.165, 1.54) is 83.5 Å². The van der Waals surface area contributed by atoms with Crippen LogP contribution in [0.3, 0.4) is 0 Å². The van der Waals surface area contributed by atoms with Crippen molar-refractivity contribution in [1.82, 2.24) is 0 Å². The van der Waals surface area contributed by atoms with Crippen molar-refractivity contribution in [3.8, 4) is 0 Å². The maximum atomic E-state index is 10.3. The number of carbonyl (C=O) groups is 1. The summed E-state index contributed by atoms with van der Waals surface area (Å²) in [6, 6.07) is 0. The van der Waals surface area contributed by atoms with Gasteiger partial charge in [0.05, 0.1) is 0 Å². The SMILES string of the molecule is CCCCCCCCCCCCCCCCCC(=O)O.O.[Mg+2].[Mg+2].[O-][Si]([O-])([O-])[O-]. The van der Waals surface area contributed by atoms with Gasteiger partial charge in [0.1, 0.15) is 0 Å². The summed E-state index contributed by atoms with van der Waals surface area (Å²) >= 11 is 0. The molecule has 0 aliphatic rings. The fourth-order valence-electron chi connectivity index (χ4n) is 2.65. The number of aliphatic carboxylic acids is 1. The molecule has 10 heteroatoms. The summed E-state index contributed by atoms with van der Waals surface area (Å²) in [5.41, 5.74) is 0. The van der Waals surface area contributed by atoms with E-state index in [-0.39, 0.29) is 51.6 Å². The van der Waals surface area contributed by atoms with Crippen molar-refractivity contribution >= 4 is 61.1 Å². The van der Waals surface area contributed by atoms with E-state index in [0.717, 1.165) is 12.8 Å². The molecule has 0 aromatic rings. The Bertz CT molecular complexity index is 288. The molecule has 0 aromatic heterocycles. The molecule has 0 rings (SSSR count). The maximum Gasteiger partial charge on any atom is 2.00 e. The summed E-state index contributed by atoms with van der Waals surface area (Å²) in [7, 11) is -5.61. The standard InChI is InChI=1S/C18H36O2.2Mg.O4Si.H2O/c1-2-3-4-5-6-7-8-9-10-11-12-13-14-15-16-17-18(19)20;;;1-5(2,3)4;/h2-17H2,1H3,(H,19,20);;;;1H2/q;2*+2;-4;. The smallest absolute Gasteiger partial charge is 0.894 e. The van der Waals surface area contributed by atoms with Crippen LogP contribution in [0.15, 0.2) is 0 Å². The zero-order valence-electron chi connectivity index (χ0n) is 17.7. The van der Waals surface area contributed by atoms with Gasteiger partial charge in [-0.2, -0.15) is 0 Å². The van der Waals surface area contributed by atoms with Crippen molar-refractivity contribution in [1.29, 1.82) is 0 Å². The molecule has 0 heterocycles. The van der Waals surface area contributed by atoms with Crippen molar-refractivity contribution in [2.24, 2.45) is 0 Å². The number of hydrogen-bond acceptors (Lipinski definition) is 5. The van der Waals surface area contributed by atoms with Crippen molar-refractivity contribution in [2.45, 2.75) is 110 Å². The Morgan fingerprint density at radius 1 is 0.643 bits per heavy atom. The molecule has 28 heavy (non-hydrogen) atoms. The summed E-state index contributed by atoms with van der Waals surface area (Å²) in [6.45, 7) is 2.27. The molecule has 0 radical (unpaired) electrons. The Hall–Kier alpha value is 1.02. The molecule has 3 N–H and O–H groups in total. The van der Waals surface area contributed by atoms with E-state index in [4.69, 9.17) is 24.3 Å². The van der Waals surface area contributed by atoms with E-state index in [0.29, 0.717) is 6.42 Å². The summed E-state index contributed by atoms with van der Waals surface area (Å²) < 4.78 is 0. The minimum atomic E-state index is -5.61.